The Balaban J connectivity index is 1.94. The van der Waals surface area contributed by atoms with Crippen molar-refractivity contribution in [3.63, 3.8) is 0 Å². The monoisotopic (exact) mass is 403 g/mol. The molecule has 0 spiro atoms. The van der Waals surface area contributed by atoms with Crippen molar-refractivity contribution >= 4 is 29.3 Å². The number of aromatic nitrogens is 1. The summed E-state index contributed by atoms with van der Waals surface area (Å²) < 4.78 is 2.05. The Morgan fingerprint density at radius 2 is 1.86 bits per heavy atom. The van der Waals surface area contributed by atoms with Gasteiger partial charge in [-0.2, -0.15) is 5.26 Å². The van der Waals surface area contributed by atoms with Crippen LogP contribution in [0.15, 0.2) is 54.1 Å². The number of anilines is 1. The number of amides is 1. The van der Waals surface area contributed by atoms with Gasteiger partial charge in [0.1, 0.15) is 11.6 Å². The van der Waals surface area contributed by atoms with E-state index in [0.717, 1.165) is 33.8 Å². The van der Waals surface area contributed by atoms with E-state index in [1.165, 1.54) is 0 Å². The van der Waals surface area contributed by atoms with E-state index in [4.69, 9.17) is 11.6 Å². The quantitative estimate of drug-likeness (QED) is 0.434. The number of nitriles is 1. The smallest absolute Gasteiger partial charge is 0.266 e. The van der Waals surface area contributed by atoms with Gasteiger partial charge in [0, 0.05) is 27.8 Å². The second kappa shape index (κ2) is 8.38. The normalized spacial score (nSPS) is 11.2. The largest absolute Gasteiger partial charge is 0.321 e. The van der Waals surface area contributed by atoms with Crippen molar-refractivity contribution in [1.29, 1.82) is 5.26 Å². The molecule has 0 bridgehead atoms. The highest BCUT2D eigenvalue weighted by molar-refractivity contribution is 6.30. The van der Waals surface area contributed by atoms with Gasteiger partial charge >= 0.3 is 0 Å². The van der Waals surface area contributed by atoms with Crippen LogP contribution in [0.4, 0.5) is 5.69 Å². The number of benzene rings is 2. The molecule has 0 unspecified atom stereocenters. The minimum Gasteiger partial charge on any atom is -0.321 e. The maximum atomic E-state index is 12.7. The third kappa shape index (κ3) is 4.42. The van der Waals surface area contributed by atoms with Crippen molar-refractivity contribution in [2.75, 3.05) is 5.32 Å². The van der Waals surface area contributed by atoms with Gasteiger partial charge in [-0.05, 0) is 75.2 Å². The molecule has 0 saturated heterocycles. The molecule has 0 aliphatic heterocycles. The molecule has 0 saturated carbocycles. The summed E-state index contributed by atoms with van der Waals surface area (Å²) in [5, 5.41) is 13.1. The van der Waals surface area contributed by atoms with Gasteiger partial charge in [-0.1, -0.05) is 35.4 Å². The Hall–Kier alpha value is -3.29. The van der Waals surface area contributed by atoms with Crippen LogP contribution in [-0.4, -0.2) is 10.5 Å². The van der Waals surface area contributed by atoms with Crippen LogP contribution >= 0.6 is 11.6 Å². The molecule has 1 N–H and O–H groups in total. The van der Waals surface area contributed by atoms with E-state index in [9.17, 15) is 10.1 Å². The Bertz CT molecular complexity index is 1170. The van der Waals surface area contributed by atoms with Gasteiger partial charge in [0.2, 0.25) is 0 Å². The molecule has 0 radical (unpaired) electrons. The fourth-order valence-corrected chi connectivity index (χ4v) is 3.58. The van der Waals surface area contributed by atoms with Crippen LogP contribution in [0, 0.1) is 39.0 Å². The van der Waals surface area contributed by atoms with Crippen LogP contribution in [0.25, 0.3) is 11.8 Å². The molecule has 29 heavy (non-hydrogen) atoms. The van der Waals surface area contributed by atoms with E-state index in [2.05, 4.69) is 9.88 Å². The van der Waals surface area contributed by atoms with E-state index in [1.54, 1.807) is 6.08 Å². The first-order valence-electron chi connectivity index (χ1n) is 9.25. The summed E-state index contributed by atoms with van der Waals surface area (Å²) in [7, 11) is 0. The lowest BCUT2D eigenvalue weighted by Gasteiger charge is -2.10. The van der Waals surface area contributed by atoms with E-state index in [1.807, 2.05) is 82.3 Å². The lowest BCUT2D eigenvalue weighted by molar-refractivity contribution is -0.112. The molecule has 0 fully saturated rings. The standard InChI is InChI=1S/C24H22ClN3O/c1-15-8-9-23(16(2)10-15)27-24(29)20(14-26)12-19-11-17(3)28(18(19)4)22-7-5-6-21(25)13-22/h5-13H,1-4H3,(H,27,29)/b20-12-. The molecule has 0 aliphatic rings. The Morgan fingerprint density at radius 3 is 2.52 bits per heavy atom. The molecule has 2 aromatic carbocycles. The Morgan fingerprint density at radius 1 is 1.10 bits per heavy atom. The number of aryl methyl sites for hydroxylation is 3. The lowest BCUT2D eigenvalue weighted by Crippen LogP contribution is -2.14. The molecule has 0 atom stereocenters. The number of carbonyl (C=O) groups excluding carboxylic acids is 1. The molecule has 1 heterocycles. The van der Waals surface area contributed by atoms with Crippen LogP contribution in [0.5, 0.6) is 0 Å². The number of rotatable bonds is 4. The van der Waals surface area contributed by atoms with Crippen molar-refractivity contribution in [3.05, 3.63) is 87.2 Å². The SMILES string of the molecule is Cc1ccc(NC(=O)/C(C#N)=C\c2cc(C)n(-c3cccc(Cl)c3)c2C)c(C)c1. The third-order valence-corrected chi connectivity index (χ3v) is 5.07. The first-order chi connectivity index (χ1) is 13.8. The zero-order valence-corrected chi connectivity index (χ0v) is 17.6. The fraction of sp³-hybridized carbons (Fsp3) is 0.167. The van der Waals surface area contributed by atoms with Gasteiger partial charge in [0.15, 0.2) is 0 Å². The average Bonchev–Trinajstić information content (AvgIpc) is 2.95. The van der Waals surface area contributed by atoms with Gasteiger partial charge < -0.3 is 9.88 Å². The molecule has 1 amide bonds. The summed E-state index contributed by atoms with van der Waals surface area (Å²) >= 11 is 6.13. The van der Waals surface area contributed by atoms with Gasteiger partial charge in [0.05, 0.1) is 0 Å². The summed E-state index contributed by atoms with van der Waals surface area (Å²) in [6.45, 7) is 7.86. The zero-order valence-electron chi connectivity index (χ0n) is 16.9. The molecule has 3 aromatic rings. The predicted molar refractivity (Wildman–Crippen MR) is 118 cm³/mol. The number of carbonyl (C=O) groups is 1. The number of nitrogens with zero attached hydrogens (tertiary/aromatic N) is 2. The van der Waals surface area contributed by atoms with E-state index in [0.29, 0.717) is 10.7 Å². The number of hydrogen-bond acceptors (Lipinski definition) is 2. The first-order valence-corrected chi connectivity index (χ1v) is 9.63. The van der Waals surface area contributed by atoms with Crippen molar-refractivity contribution < 1.29 is 4.79 Å². The summed E-state index contributed by atoms with van der Waals surface area (Å²) in [6.07, 6.45) is 1.63. The van der Waals surface area contributed by atoms with Crippen molar-refractivity contribution in [2.24, 2.45) is 0 Å². The summed E-state index contributed by atoms with van der Waals surface area (Å²) in [4.78, 5) is 12.7. The van der Waals surface area contributed by atoms with Crippen LogP contribution in [0.2, 0.25) is 5.02 Å². The lowest BCUT2D eigenvalue weighted by atomic mass is 10.1. The molecule has 4 nitrogen and oxygen atoms in total. The molecular formula is C24H22ClN3O. The van der Waals surface area contributed by atoms with Gasteiger partial charge in [-0.25, -0.2) is 0 Å². The number of hydrogen-bond donors (Lipinski definition) is 1. The third-order valence-electron chi connectivity index (χ3n) is 4.83. The summed E-state index contributed by atoms with van der Waals surface area (Å²) in [5.41, 5.74) is 6.49. The summed E-state index contributed by atoms with van der Waals surface area (Å²) in [6, 6.07) is 17.3. The average molecular weight is 404 g/mol. The Labute approximate surface area is 176 Å². The summed E-state index contributed by atoms with van der Waals surface area (Å²) in [5.74, 6) is -0.424. The van der Waals surface area contributed by atoms with Gasteiger partial charge in [0.25, 0.3) is 5.91 Å². The highest BCUT2D eigenvalue weighted by Crippen LogP contribution is 2.25. The molecule has 0 aliphatic carbocycles. The van der Waals surface area contributed by atoms with Crippen LogP contribution in [-0.2, 0) is 4.79 Å². The molecule has 3 rings (SSSR count). The second-order valence-electron chi connectivity index (χ2n) is 7.08. The molecule has 146 valence electrons. The first kappa shape index (κ1) is 20.4. The number of nitrogens with one attached hydrogen (secondary N) is 1. The van der Waals surface area contributed by atoms with Gasteiger partial charge in [-0.3, -0.25) is 4.79 Å². The Kier molecular flexibility index (Phi) is 5.91. The molecule has 5 heteroatoms. The predicted octanol–water partition coefficient (Wildman–Crippen LogP) is 5.91. The van der Waals surface area contributed by atoms with Crippen LogP contribution in [0.3, 0.4) is 0 Å². The van der Waals surface area contributed by atoms with E-state index >= 15 is 0 Å². The minimum absolute atomic E-state index is 0.0521. The maximum Gasteiger partial charge on any atom is 0.266 e. The topological polar surface area (TPSA) is 57.8 Å². The number of halogens is 1. The highest BCUT2D eigenvalue weighted by Gasteiger charge is 2.15. The van der Waals surface area contributed by atoms with Gasteiger partial charge in [-0.15, -0.1) is 0 Å². The zero-order chi connectivity index (χ0) is 21.1. The maximum absolute atomic E-state index is 12.7. The second-order valence-corrected chi connectivity index (χ2v) is 7.52. The van der Waals surface area contributed by atoms with E-state index in [-0.39, 0.29) is 5.57 Å². The molecule has 1 aromatic heterocycles. The van der Waals surface area contributed by atoms with Crippen LogP contribution in [0.1, 0.15) is 28.1 Å². The minimum atomic E-state index is -0.424. The fourth-order valence-electron chi connectivity index (χ4n) is 3.39. The van der Waals surface area contributed by atoms with Crippen molar-refractivity contribution in [1.82, 2.24) is 4.57 Å². The highest BCUT2D eigenvalue weighted by atomic mass is 35.5. The van der Waals surface area contributed by atoms with Crippen molar-refractivity contribution in [2.45, 2.75) is 27.7 Å². The van der Waals surface area contributed by atoms with Crippen molar-refractivity contribution in [3.8, 4) is 11.8 Å². The van der Waals surface area contributed by atoms with Crippen LogP contribution < -0.4 is 5.32 Å². The molecular weight excluding hydrogens is 382 g/mol. The van der Waals surface area contributed by atoms with E-state index < -0.39 is 5.91 Å².